The first-order valence-electron chi connectivity index (χ1n) is 9.46. The molecule has 0 amide bonds. The number of rotatable bonds is 16. The van der Waals surface area contributed by atoms with Crippen molar-refractivity contribution in [2.75, 3.05) is 5.75 Å². The van der Waals surface area contributed by atoms with Gasteiger partial charge in [0.05, 0.1) is 5.25 Å². The number of hydrogen-bond acceptors (Lipinski definition) is 2. The Morgan fingerprint density at radius 1 is 0.864 bits per heavy atom. The second-order valence-electron chi connectivity index (χ2n) is 6.59. The first-order valence-corrected chi connectivity index (χ1v) is 10.5. The number of carboxylic acid groups (broad SMARTS) is 1. The normalized spacial score (nSPS) is 14.0. The molecule has 0 rings (SSSR count). The average molecular weight is 331 g/mol. The minimum Gasteiger partial charge on any atom is -0.480 e. The highest BCUT2D eigenvalue weighted by Crippen LogP contribution is 2.25. The lowest BCUT2D eigenvalue weighted by molar-refractivity contribution is -0.136. The Kier molecular flexibility index (Phi) is 15.6. The van der Waals surface area contributed by atoms with Crippen molar-refractivity contribution in [3.63, 3.8) is 0 Å². The Bertz CT molecular complexity index is 256. The molecule has 0 aliphatic heterocycles. The van der Waals surface area contributed by atoms with Crippen LogP contribution in [0.5, 0.6) is 0 Å². The smallest absolute Gasteiger partial charge is 0.316 e. The van der Waals surface area contributed by atoms with E-state index in [9.17, 15) is 4.79 Å². The van der Waals surface area contributed by atoms with Gasteiger partial charge in [0.15, 0.2) is 0 Å². The van der Waals surface area contributed by atoms with Gasteiger partial charge in [0.2, 0.25) is 0 Å². The summed E-state index contributed by atoms with van der Waals surface area (Å²) in [7, 11) is 0. The van der Waals surface area contributed by atoms with Gasteiger partial charge in [-0.3, -0.25) is 4.79 Å². The Morgan fingerprint density at radius 3 is 1.82 bits per heavy atom. The molecule has 2 unspecified atom stereocenters. The topological polar surface area (TPSA) is 37.3 Å². The molecule has 0 radical (unpaired) electrons. The van der Waals surface area contributed by atoms with Crippen molar-refractivity contribution in [2.24, 2.45) is 5.92 Å². The molecule has 2 atom stereocenters. The van der Waals surface area contributed by atoms with E-state index in [-0.39, 0.29) is 5.25 Å². The summed E-state index contributed by atoms with van der Waals surface area (Å²) < 4.78 is 0. The molecule has 22 heavy (non-hydrogen) atoms. The van der Waals surface area contributed by atoms with Crippen LogP contribution in [0, 0.1) is 5.92 Å². The Balaban J connectivity index is 3.91. The summed E-state index contributed by atoms with van der Waals surface area (Å²) in [5, 5.41) is 8.76. The Morgan fingerprint density at radius 2 is 1.32 bits per heavy atom. The molecule has 0 heterocycles. The van der Waals surface area contributed by atoms with Gasteiger partial charge in [0, 0.05) is 0 Å². The first kappa shape index (κ1) is 21.8. The maximum atomic E-state index is 11.0. The van der Waals surface area contributed by atoms with Crippen LogP contribution in [0.15, 0.2) is 0 Å². The third-order valence-corrected chi connectivity index (χ3v) is 5.73. The van der Waals surface area contributed by atoms with Gasteiger partial charge in [-0.2, -0.15) is 0 Å². The largest absolute Gasteiger partial charge is 0.480 e. The molecule has 2 nitrogen and oxygen atoms in total. The molecule has 0 fully saturated rings. The van der Waals surface area contributed by atoms with Crippen LogP contribution in [-0.2, 0) is 4.79 Å². The highest BCUT2D eigenvalue weighted by Gasteiger charge is 2.15. The number of carbonyl (C=O) groups is 1. The van der Waals surface area contributed by atoms with Crippen molar-refractivity contribution >= 4 is 17.7 Å². The van der Waals surface area contributed by atoms with Gasteiger partial charge in [0.25, 0.3) is 0 Å². The molecule has 3 heteroatoms. The predicted molar refractivity (Wildman–Crippen MR) is 99.8 cm³/mol. The number of unbranched alkanes of at least 4 members (excludes halogenated alkanes) is 8. The Labute approximate surface area is 142 Å². The zero-order valence-corrected chi connectivity index (χ0v) is 15.9. The van der Waals surface area contributed by atoms with Gasteiger partial charge in [-0.25, -0.2) is 0 Å². The Hall–Kier alpha value is -0.180. The SMILES string of the molecule is CCCCCCCCC(CCCCCC)CSC(C)C(=O)O. The highest BCUT2D eigenvalue weighted by atomic mass is 32.2. The van der Waals surface area contributed by atoms with E-state index in [0.29, 0.717) is 0 Å². The van der Waals surface area contributed by atoms with Crippen LogP contribution < -0.4 is 0 Å². The van der Waals surface area contributed by atoms with Crippen LogP contribution in [-0.4, -0.2) is 22.1 Å². The van der Waals surface area contributed by atoms with Crippen molar-refractivity contribution in [3.8, 4) is 0 Å². The molecule has 0 spiro atoms. The van der Waals surface area contributed by atoms with Crippen molar-refractivity contribution in [1.82, 2.24) is 0 Å². The molecule has 0 saturated heterocycles. The molecule has 0 aliphatic carbocycles. The summed E-state index contributed by atoms with van der Waals surface area (Å²) >= 11 is 1.63. The van der Waals surface area contributed by atoms with Gasteiger partial charge in [-0.1, -0.05) is 78.1 Å². The van der Waals surface area contributed by atoms with Gasteiger partial charge in [-0.05, 0) is 31.4 Å². The van der Waals surface area contributed by atoms with Crippen molar-refractivity contribution in [1.29, 1.82) is 0 Å². The molecule has 0 aliphatic rings. The molecule has 0 aromatic heterocycles. The number of aliphatic carboxylic acids is 1. The number of thioether (sulfide) groups is 1. The lowest BCUT2D eigenvalue weighted by atomic mass is 9.96. The maximum Gasteiger partial charge on any atom is 0.316 e. The van der Waals surface area contributed by atoms with E-state index in [2.05, 4.69) is 13.8 Å². The lowest BCUT2D eigenvalue weighted by Gasteiger charge is -2.18. The monoisotopic (exact) mass is 330 g/mol. The minimum absolute atomic E-state index is 0.261. The molecule has 132 valence electrons. The molecule has 0 saturated carbocycles. The van der Waals surface area contributed by atoms with E-state index in [4.69, 9.17) is 5.11 Å². The number of carboxylic acids is 1. The quantitative estimate of drug-likeness (QED) is 0.327. The van der Waals surface area contributed by atoms with Crippen LogP contribution in [0.1, 0.15) is 97.8 Å². The fourth-order valence-electron chi connectivity index (χ4n) is 2.74. The standard InChI is InChI=1S/C19H38O2S/c1-4-6-8-10-11-13-15-18(14-12-9-7-5-2)16-22-17(3)19(20)21/h17-18H,4-16H2,1-3H3,(H,20,21). The molecule has 0 bridgehead atoms. The highest BCUT2D eigenvalue weighted by molar-refractivity contribution is 8.00. The van der Waals surface area contributed by atoms with E-state index in [0.717, 1.165) is 11.7 Å². The van der Waals surface area contributed by atoms with Gasteiger partial charge in [-0.15, -0.1) is 11.8 Å². The van der Waals surface area contributed by atoms with E-state index >= 15 is 0 Å². The van der Waals surface area contributed by atoms with Gasteiger partial charge in [0.1, 0.15) is 0 Å². The lowest BCUT2D eigenvalue weighted by Crippen LogP contribution is -2.15. The third-order valence-electron chi connectivity index (χ3n) is 4.36. The van der Waals surface area contributed by atoms with Crippen LogP contribution in [0.3, 0.4) is 0 Å². The summed E-state index contributed by atoms with van der Waals surface area (Å²) in [5.74, 6) is 1.07. The van der Waals surface area contributed by atoms with Crippen LogP contribution in [0.25, 0.3) is 0 Å². The summed E-state index contributed by atoms with van der Waals surface area (Å²) in [6, 6.07) is 0. The van der Waals surface area contributed by atoms with E-state index < -0.39 is 5.97 Å². The zero-order chi connectivity index (χ0) is 16.6. The second-order valence-corrected chi connectivity index (χ2v) is 7.96. The fraction of sp³-hybridized carbons (Fsp3) is 0.947. The van der Waals surface area contributed by atoms with Crippen LogP contribution >= 0.6 is 11.8 Å². The van der Waals surface area contributed by atoms with Crippen molar-refractivity contribution < 1.29 is 9.90 Å². The van der Waals surface area contributed by atoms with Crippen LogP contribution in [0.2, 0.25) is 0 Å². The zero-order valence-electron chi connectivity index (χ0n) is 15.1. The molecule has 0 aromatic carbocycles. The summed E-state index contributed by atoms with van der Waals surface area (Å²) in [6.07, 6.45) is 15.9. The molecule has 1 N–H and O–H groups in total. The van der Waals surface area contributed by atoms with Crippen molar-refractivity contribution in [3.05, 3.63) is 0 Å². The molecule has 0 aromatic rings. The van der Waals surface area contributed by atoms with E-state index in [1.54, 1.807) is 11.8 Å². The van der Waals surface area contributed by atoms with E-state index in [1.807, 2.05) is 6.92 Å². The third kappa shape index (κ3) is 13.5. The summed E-state index contributed by atoms with van der Waals surface area (Å²) in [4.78, 5) is 11.0. The van der Waals surface area contributed by atoms with Gasteiger partial charge < -0.3 is 5.11 Å². The maximum absolute atomic E-state index is 11.0. The summed E-state index contributed by atoms with van der Waals surface area (Å²) in [5.41, 5.74) is 0. The fourth-order valence-corrected chi connectivity index (χ4v) is 3.77. The number of hydrogen-bond donors (Lipinski definition) is 1. The minimum atomic E-state index is -0.672. The van der Waals surface area contributed by atoms with Crippen molar-refractivity contribution in [2.45, 2.75) is 103 Å². The average Bonchev–Trinajstić information content (AvgIpc) is 2.51. The molecular formula is C19H38O2S. The predicted octanol–water partition coefficient (Wildman–Crippen LogP) is 6.53. The summed E-state index contributed by atoms with van der Waals surface area (Å²) in [6.45, 7) is 6.32. The second kappa shape index (κ2) is 15.7. The van der Waals surface area contributed by atoms with Gasteiger partial charge >= 0.3 is 5.97 Å². The van der Waals surface area contributed by atoms with E-state index in [1.165, 1.54) is 77.0 Å². The first-order chi connectivity index (χ1) is 10.6. The van der Waals surface area contributed by atoms with Crippen LogP contribution in [0.4, 0.5) is 0 Å². The molecular weight excluding hydrogens is 292 g/mol.